The van der Waals surface area contributed by atoms with Gasteiger partial charge in [0.05, 0.1) is 26.4 Å². The van der Waals surface area contributed by atoms with Crippen molar-refractivity contribution in [2.45, 2.75) is 118 Å². The fourth-order valence-electron chi connectivity index (χ4n) is 12.8. The Morgan fingerprint density at radius 3 is 1.00 bits per heavy atom. The maximum Gasteiger partial charge on any atom is 0.206 e. The molecule has 0 N–H and O–H groups in total. The molecule has 6 heteroatoms. The van der Waals surface area contributed by atoms with E-state index < -0.39 is 16.1 Å². The van der Waals surface area contributed by atoms with Gasteiger partial charge in [0.1, 0.15) is 0 Å². The quantitative estimate of drug-likeness (QED) is 0.0804. The van der Waals surface area contributed by atoms with E-state index in [0.29, 0.717) is 26.4 Å². The Kier molecular flexibility index (Phi) is 15.4. The van der Waals surface area contributed by atoms with E-state index in [9.17, 15) is 0 Å². The molecule has 0 saturated carbocycles. The van der Waals surface area contributed by atoms with E-state index >= 15 is 0 Å². The topological polar surface area (TPSA) is 36.9 Å². The molecule has 2 atom stereocenters. The van der Waals surface area contributed by atoms with Gasteiger partial charge in [-0.05, 0) is 146 Å². The Hall–Kier alpha value is -6.07. The van der Waals surface area contributed by atoms with Crippen molar-refractivity contribution in [2.24, 2.45) is 0 Å². The highest BCUT2D eigenvalue weighted by Gasteiger charge is 2.60. The second-order valence-electron chi connectivity index (χ2n) is 22.3. The zero-order chi connectivity index (χ0) is 52.4. The predicted octanol–water partition coefficient (Wildman–Crippen LogP) is 13.4. The highest BCUT2D eigenvalue weighted by Crippen LogP contribution is 2.53. The predicted molar refractivity (Wildman–Crippen MR) is 315 cm³/mol. The molecule has 0 fully saturated rings. The highest BCUT2D eigenvalue weighted by atomic mass is 28.3. The molecule has 2 aliphatic heterocycles. The average molecular weight is 1010 g/mol. The van der Waals surface area contributed by atoms with Crippen LogP contribution in [0.4, 0.5) is 0 Å². The van der Waals surface area contributed by atoms with Crippen molar-refractivity contribution in [1.29, 1.82) is 0 Å². The van der Waals surface area contributed by atoms with Crippen molar-refractivity contribution in [3.63, 3.8) is 0 Å². The number of hydrogen-bond donors (Lipinski definition) is 0. The Labute approximate surface area is 444 Å². The molecule has 7 aromatic carbocycles. The van der Waals surface area contributed by atoms with Crippen molar-refractivity contribution in [2.75, 3.05) is 28.4 Å². The first-order valence-corrected chi connectivity index (χ1v) is 30.6. The number of benzene rings is 7. The molecule has 2 heterocycles. The molecule has 4 nitrogen and oxygen atoms in total. The smallest absolute Gasteiger partial charge is 0.206 e. The Morgan fingerprint density at radius 1 is 0.392 bits per heavy atom. The monoisotopic (exact) mass is 1010 g/mol. The average Bonchev–Trinajstić information content (AvgIpc) is 3.86. The van der Waals surface area contributed by atoms with Gasteiger partial charge in [0.25, 0.3) is 0 Å². The van der Waals surface area contributed by atoms with Gasteiger partial charge in [0.2, 0.25) is 16.1 Å². The lowest BCUT2D eigenvalue weighted by atomic mass is 9.83. The van der Waals surface area contributed by atoms with E-state index in [1.807, 2.05) is 28.4 Å². The van der Waals surface area contributed by atoms with Gasteiger partial charge in [0, 0.05) is 39.6 Å². The van der Waals surface area contributed by atoms with Gasteiger partial charge in [-0.25, -0.2) is 0 Å². The third-order valence-corrected chi connectivity index (χ3v) is 26.2. The molecule has 7 aromatic rings. The lowest BCUT2D eigenvalue weighted by Gasteiger charge is -2.40. The van der Waals surface area contributed by atoms with Crippen molar-refractivity contribution in [3.05, 3.63) is 178 Å². The largest absolute Gasteiger partial charge is 0.380 e. The summed E-state index contributed by atoms with van der Waals surface area (Å²) in [5.41, 5.74) is 28.6. The molecular formula is C68H74O4Si2. The van der Waals surface area contributed by atoms with Crippen LogP contribution >= 0.6 is 0 Å². The molecule has 0 unspecified atom stereocenters. The number of fused-ring (bicyclic) bond motifs is 6. The lowest BCUT2D eigenvalue weighted by Crippen LogP contribution is -2.63. The van der Waals surface area contributed by atoms with Crippen LogP contribution < -0.4 is 20.7 Å². The molecule has 0 spiro atoms. The standard InChI is InChI=1S/C68H74O4Si2/c1-13-27-51-55(43-69-9)57(45-71-11)61(49-33-23-17-24-34-49)65-63(51)53-41-60-54(42-59(53)73(65,67(3,4)5)39-37-47-29-19-15-20-30-47)64-52(28-14-2)56(44-70-10)58(46-72-12)62(50-35-25-18-26-36-50)66(64)74(60,68(6,7)8)40-38-48-31-21-16-22-32-48/h15-26,29-36,41-42H,13-14,27-28,43-46H2,1-12H3/t73-,74-/m0/s1. The van der Waals surface area contributed by atoms with Crippen LogP contribution in [0, 0.1) is 22.9 Å². The van der Waals surface area contributed by atoms with E-state index in [1.54, 1.807) is 0 Å². The number of methoxy groups -OCH3 is 4. The Bertz CT molecular complexity index is 3090. The van der Waals surface area contributed by atoms with Crippen molar-refractivity contribution >= 4 is 36.9 Å². The molecule has 74 heavy (non-hydrogen) atoms. The molecule has 378 valence electrons. The summed E-state index contributed by atoms with van der Waals surface area (Å²) in [7, 11) is 0.799. The highest BCUT2D eigenvalue weighted by molar-refractivity contribution is 7.15. The van der Waals surface area contributed by atoms with Crippen LogP contribution in [0.2, 0.25) is 10.1 Å². The normalized spacial score (nSPS) is 16.4. The third-order valence-electron chi connectivity index (χ3n) is 15.8. The SMILES string of the molecule is CCCc1c(COC)c(COC)c(-c2ccccc2)c2c1-c1cc3c(cc1[Si@]2(C#Cc1ccccc1)C(C)(C)C)-c1c(CCC)c(COC)c(COC)c(-c2ccccc2)c1[Si@@]3(C#Cc1ccccc1)C(C)(C)C. The van der Waals surface area contributed by atoms with Gasteiger partial charge < -0.3 is 18.9 Å². The summed E-state index contributed by atoms with van der Waals surface area (Å²) in [6.07, 6.45) is 3.72. The van der Waals surface area contributed by atoms with Gasteiger partial charge >= 0.3 is 0 Å². The van der Waals surface area contributed by atoms with E-state index in [4.69, 9.17) is 18.9 Å². The molecular weight excluding hydrogens is 937 g/mol. The number of rotatable bonds is 14. The molecule has 2 aliphatic rings. The van der Waals surface area contributed by atoms with Crippen LogP contribution in [0.15, 0.2) is 133 Å². The van der Waals surface area contributed by atoms with E-state index in [1.165, 1.54) is 98.6 Å². The van der Waals surface area contributed by atoms with Crippen LogP contribution in [-0.4, -0.2) is 44.6 Å². The first-order valence-electron chi connectivity index (χ1n) is 26.6. The molecule has 0 aromatic heterocycles. The third kappa shape index (κ3) is 8.78. The zero-order valence-electron chi connectivity index (χ0n) is 46.0. The van der Waals surface area contributed by atoms with E-state index in [2.05, 4.69) is 212 Å². The summed E-state index contributed by atoms with van der Waals surface area (Å²) in [5, 5.41) is 4.99. The van der Waals surface area contributed by atoms with Crippen LogP contribution in [0.3, 0.4) is 0 Å². The van der Waals surface area contributed by atoms with E-state index in [-0.39, 0.29) is 10.1 Å². The van der Waals surface area contributed by atoms with Crippen LogP contribution in [0.5, 0.6) is 0 Å². The van der Waals surface area contributed by atoms with Crippen molar-refractivity contribution in [1.82, 2.24) is 0 Å². The van der Waals surface area contributed by atoms with Crippen LogP contribution in [0.25, 0.3) is 44.5 Å². The van der Waals surface area contributed by atoms with Gasteiger partial charge in [-0.15, -0.1) is 11.1 Å². The van der Waals surface area contributed by atoms with Crippen molar-refractivity contribution in [3.8, 4) is 67.4 Å². The summed E-state index contributed by atoms with van der Waals surface area (Å²) in [6.45, 7) is 21.3. The van der Waals surface area contributed by atoms with Gasteiger partial charge in [-0.2, -0.15) is 0 Å². The minimum absolute atomic E-state index is 0.290. The van der Waals surface area contributed by atoms with Gasteiger partial charge in [-0.1, -0.05) is 189 Å². The van der Waals surface area contributed by atoms with E-state index in [0.717, 1.165) is 36.8 Å². The van der Waals surface area contributed by atoms with Crippen LogP contribution in [-0.2, 0) is 58.2 Å². The number of hydrogen-bond acceptors (Lipinski definition) is 4. The summed E-state index contributed by atoms with van der Waals surface area (Å²) in [6, 6.07) is 48.8. The first kappa shape index (κ1) is 52.8. The fraction of sp³-hybridized carbons (Fsp3) is 0.324. The maximum absolute atomic E-state index is 6.30. The van der Waals surface area contributed by atoms with Gasteiger partial charge in [-0.3, -0.25) is 0 Å². The molecule has 9 rings (SSSR count). The second-order valence-corrected chi connectivity index (χ2v) is 30.8. The summed E-state index contributed by atoms with van der Waals surface area (Å²) < 4.78 is 25.2. The minimum Gasteiger partial charge on any atom is -0.380 e. The molecule has 0 saturated heterocycles. The zero-order valence-corrected chi connectivity index (χ0v) is 48.0. The summed E-state index contributed by atoms with van der Waals surface area (Å²) in [5.74, 6) is 7.85. The summed E-state index contributed by atoms with van der Waals surface area (Å²) in [4.78, 5) is 0. The first-order chi connectivity index (χ1) is 35.8. The van der Waals surface area contributed by atoms with Crippen molar-refractivity contribution < 1.29 is 18.9 Å². The number of ether oxygens (including phenoxy) is 4. The molecule has 0 amide bonds. The molecule has 0 radical (unpaired) electrons. The molecule has 0 bridgehead atoms. The van der Waals surface area contributed by atoms with Crippen LogP contribution in [0.1, 0.15) is 113 Å². The van der Waals surface area contributed by atoms with Gasteiger partial charge in [0.15, 0.2) is 0 Å². The minimum atomic E-state index is -3.27. The second kappa shape index (κ2) is 21.6. The Morgan fingerprint density at radius 2 is 0.703 bits per heavy atom. The Balaban J connectivity index is 1.61. The summed E-state index contributed by atoms with van der Waals surface area (Å²) >= 11 is 0. The maximum atomic E-state index is 6.30. The molecule has 0 aliphatic carbocycles. The lowest BCUT2D eigenvalue weighted by molar-refractivity contribution is 0.168. The fourth-order valence-corrected chi connectivity index (χ4v) is 23.0.